The Kier molecular flexibility index (Phi) is 1.94. The van der Waals surface area contributed by atoms with Crippen LogP contribution in [-0.4, -0.2) is 5.11 Å². The summed E-state index contributed by atoms with van der Waals surface area (Å²) in [6, 6.07) is 2.93. The van der Waals surface area contributed by atoms with E-state index in [1.807, 2.05) is 0 Å². The minimum absolute atomic E-state index is 0.328. The Hall–Kier alpha value is -0.570. The first-order valence-electron chi connectivity index (χ1n) is 2.76. The molecule has 0 radical (unpaired) electrons. The molecule has 0 unspecified atom stereocenters. The van der Waals surface area contributed by atoms with E-state index in [9.17, 15) is 4.39 Å². The van der Waals surface area contributed by atoms with Gasteiger partial charge >= 0.3 is 0 Å². The SMILES string of the molecule is Cc1cc(F)c(O)c(Br)c1. The molecule has 1 nitrogen and oxygen atoms in total. The summed E-state index contributed by atoms with van der Waals surface area (Å²) in [5, 5.41) is 8.91. The summed E-state index contributed by atoms with van der Waals surface area (Å²) >= 11 is 3.01. The molecule has 1 rings (SSSR count). The third-order valence-corrected chi connectivity index (χ3v) is 1.77. The Morgan fingerprint density at radius 2 is 2.10 bits per heavy atom. The molecule has 0 spiro atoms. The second kappa shape index (κ2) is 2.58. The van der Waals surface area contributed by atoms with Crippen molar-refractivity contribution in [1.82, 2.24) is 0 Å². The van der Waals surface area contributed by atoms with E-state index in [-0.39, 0.29) is 5.75 Å². The van der Waals surface area contributed by atoms with Crippen LogP contribution in [0.15, 0.2) is 16.6 Å². The van der Waals surface area contributed by atoms with Crippen LogP contribution < -0.4 is 0 Å². The van der Waals surface area contributed by atoms with Gasteiger partial charge in [0.15, 0.2) is 11.6 Å². The van der Waals surface area contributed by atoms with Crippen LogP contribution in [0.1, 0.15) is 5.56 Å². The summed E-state index contributed by atoms with van der Waals surface area (Å²) < 4.78 is 13.0. The van der Waals surface area contributed by atoms with E-state index in [4.69, 9.17) is 5.11 Å². The van der Waals surface area contributed by atoms with Gasteiger partial charge in [-0.15, -0.1) is 0 Å². The number of phenolic OH excluding ortho intramolecular Hbond substituents is 1. The van der Waals surface area contributed by atoms with Crippen molar-refractivity contribution < 1.29 is 9.50 Å². The monoisotopic (exact) mass is 204 g/mol. The summed E-state index contributed by atoms with van der Waals surface area (Å²) in [4.78, 5) is 0. The van der Waals surface area contributed by atoms with E-state index < -0.39 is 5.82 Å². The topological polar surface area (TPSA) is 20.2 Å². The van der Waals surface area contributed by atoms with Gasteiger partial charge in [-0.05, 0) is 40.5 Å². The molecule has 0 heterocycles. The highest BCUT2D eigenvalue weighted by molar-refractivity contribution is 9.10. The van der Waals surface area contributed by atoms with Crippen molar-refractivity contribution in [2.75, 3.05) is 0 Å². The van der Waals surface area contributed by atoms with Crippen molar-refractivity contribution >= 4 is 15.9 Å². The van der Waals surface area contributed by atoms with Gasteiger partial charge in [-0.25, -0.2) is 4.39 Å². The van der Waals surface area contributed by atoms with Gasteiger partial charge in [0.05, 0.1) is 4.47 Å². The molecule has 0 fully saturated rings. The lowest BCUT2D eigenvalue weighted by Gasteiger charge is -1.98. The van der Waals surface area contributed by atoms with E-state index >= 15 is 0 Å². The number of benzene rings is 1. The van der Waals surface area contributed by atoms with Crippen molar-refractivity contribution in [2.24, 2.45) is 0 Å². The summed E-state index contributed by atoms with van der Waals surface area (Å²) in [6.45, 7) is 1.76. The molecule has 0 aliphatic carbocycles. The molecule has 0 bridgehead atoms. The highest BCUT2D eigenvalue weighted by Gasteiger charge is 2.04. The standard InChI is InChI=1S/C7H6BrFO/c1-4-2-5(8)7(10)6(9)3-4/h2-3,10H,1H3. The Balaban J connectivity index is 3.31. The van der Waals surface area contributed by atoms with Crippen LogP contribution in [0, 0.1) is 12.7 Å². The van der Waals surface area contributed by atoms with E-state index in [0.717, 1.165) is 5.56 Å². The third-order valence-electron chi connectivity index (χ3n) is 1.16. The molecule has 10 heavy (non-hydrogen) atoms. The highest BCUT2D eigenvalue weighted by atomic mass is 79.9. The molecule has 0 saturated carbocycles. The van der Waals surface area contributed by atoms with Gasteiger partial charge in [0, 0.05) is 0 Å². The molecule has 0 atom stereocenters. The minimum Gasteiger partial charge on any atom is -0.504 e. The van der Waals surface area contributed by atoms with E-state index in [1.54, 1.807) is 13.0 Å². The average molecular weight is 205 g/mol. The van der Waals surface area contributed by atoms with Gasteiger partial charge in [0.25, 0.3) is 0 Å². The van der Waals surface area contributed by atoms with Crippen LogP contribution >= 0.6 is 15.9 Å². The van der Waals surface area contributed by atoms with E-state index in [2.05, 4.69) is 15.9 Å². The average Bonchev–Trinajstić information content (AvgIpc) is 1.82. The number of rotatable bonds is 0. The fourth-order valence-corrected chi connectivity index (χ4v) is 1.24. The van der Waals surface area contributed by atoms with Crippen molar-refractivity contribution in [3.63, 3.8) is 0 Å². The number of aryl methyl sites for hydroxylation is 1. The largest absolute Gasteiger partial charge is 0.504 e. The maximum absolute atomic E-state index is 12.6. The second-order valence-corrected chi connectivity index (χ2v) is 2.93. The molecular weight excluding hydrogens is 199 g/mol. The molecule has 0 amide bonds. The van der Waals surface area contributed by atoms with Crippen molar-refractivity contribution in [2.45, 2.75) is 6.92 Å². The fraction of sp³-hybridized carbons (Fsp3) is 0.143. The summed E-state index contributed by atoms with van der Waals surface area (Å²) in [6.07, 6.45) is 0. The van der Waals surface area contributed by atoms with Gasteiger partial charge in [0.2, 0.25) is 0 Å². The second-order valence-electron chi connectivity index (χ2n) is 2.08. The molecule has 54 valence electrons. The van der Waals surface area contributed by atoms with Gasteiger partial charge in [-0.3, -0.25) is 0 Å². The number of aromatic hydroxyl groups is 1. The van der Waals surface area contributed by atoms with Gasteiger partial charge in [0.1, 0.15) is 0 Å². The number of hydrogen-bond donors (Lipinski definition) is 1. The normalized spacial score (nSPS) is 9.90. The quantitative estimate of drug-likeness (QED) is 0.690. The first-order valence-corrected chi connectivity index (χ1v) is 3.55. The van der Waals surface area contributed by atoms with Crippen LogP contribution in [0.25, 0.3) is 0 Å². The zero-order valence-electron chi connectivity index (χ0n) is 5.36. The summed E-state index contributed by atoms with van der Waals surface area (Å²) in [5.74, 6) is -0.919. The van der Waals surface area contributed by atoms with Crippen LogP contribution in [-0.2, 0) is 0 Å². The molecule has 0 aromatic heterocycles. The van der Waals surface area contributed by atoms with E-state index in [0.29, 0.717) is 4.47 Å². The number of halogens is 2. The lowest BCUT2D eigenvalue weighted by Crippen LogP contribution is -1.79. The summed E-state index contributed by atoms with van der Waals surface area (Å²) in [7, 11) is 0. The number of hydrogen-bond acceptors (Lipinski definition) is 1. The molecular formula is C7H6BrFO. The van der Waals surface area contributed by atoms with Crippen LogP contribution in [0.5, 0.6) is 5.75 Å². The lowest BCUT2D eigenvalue weighted by atomic mass is 10.2. The third kappa shape index (κ3) is 1.29. The Bertz CT molecular complexity index is 237. The first-order chi connectivity index (χ1) is 4.61. The van der Waals surface area contributed by atoms with Crippen molar-refractivity contribution in [3.8, 4) is 5.75 Å². The zero-order valence-corrected chi connectivity index (χ0v) is 6.94. The highest BCUT2D eigenvalue weighted by Crippen LogP contribution is 2.27. The fourth-order valence-electron chi connectivity index (χ4n) is 0.692. The molecule has 1 aromatic rings. The van der Waals surface area contributed by atoms with Crippen LogP contribution in [0.3, 0.4) is 0 Å². The van der Waals surface area contributed by atoms with E-state index in [1.165, 1.54) is 6.07 Å². The molecule has 1 aromatic carbocycles. The van der Waals surface area contributed by atoms with Gasteiger partial charge in [-0.1, -0.05) is 0 Å². The van der Waals surface area contributed by atoms with Crippen molar-refractivity contribution in [3.05, 3.63) is 28.0 Å². The summed E-state index contributed by atoms with van der Waals surface area (Å²) in [5.41, 5.74) is 0.780. The van der Waals surface area contributed by atoms with Crippen molar-refractivity contribution in [1.29, 1.82) is 0 Å². The predicted molar refractivity (Wildman–Crippen MR) is 40.5 cm³/mol. The van der Waals surface area contributed by atoms with Crippen LogP contribution in [0.2, 0.25) is 0 Å². The lowest BCUT2D eigenvalue weighted by molar-refractivity contribution is 0.428. The molecule has 0 aliphatic heterocycles. The molecule has 0 aliphatic rings. The predicted octanol–water partition coefficient (Wildman–Crippen LogP) is 2.60. The number of phenols is 1. The Morgan fingerprint density at radius 1 is 1.50 bits per heavy atom. The smallest absolute Gasteiger partial charge is 0.166 e. The van der Waals surface area contributed by atoms with Crippen LogP contribution in [0.4, 0.5) is 4.39 Å². The molecule has 1 N–H and O–H groups in total. The molecule has 0 saturated heterocycles. The van der Waals surface area contributed by atoms with Gasteiger partial charge in [-0.2, -0.15) is 0 Å². The maximum atomic E-state index is 12.6. The zero-order chi connectivity index (χ0) is 7.72. The molecule has 3 heteroatoms. The Morgan fingerprint density at radius 3 is 2.60 bits per heavy atom. The Labute approximate surface area is 66.6 Å². The van der Waals surface area contributed by atoms with Gasteiger partial charge < -0.3 is 5.11 Å². The minimum atomic E-state index is -0.591. The first kappa shape index (κ1) is 7.54. The maximum Gasteiger partial charge on any atom is 0.166 e.